The van der Waals surface area contributed by atoms with Gasteiger partial charge in [-0.1, -0.05) is 237 Å². The van der Waals surface area contributed by atoms with Gasteiger partial charge in [0.05, 0.1) is 18.1 Å². The molecule has 2 rings (SSSR count). The van der Waals surface area contributed by atoms with Crippen molar-refractivity contribution < 1.29 is 18.6 Å². The summed E-state index contributed by atoms with van der Waals surface area (Å²) in [6.07, 6.45) is 3.92. The molecule has 0 saturated carbocycles. The summed E-state index contributed by atoms with van der Waals surface area (Å²) in [5, 5.41) is 5.96. The van der Waals surface area contributed by atoms with Crippen LogP contribution in [0.25, 0.3) is 0 Å². The van der Waals surface area contributed by atoms with E-state index in [1.54, 1.807) is 0 Å². The van der Waals surface area contributed by atoms with Crippen LogP contribution in [-0.2, 0) is 27.2 Å². The van der Waals surface area contributed by atoms with E-state index in [1.165, 1.54) is 25.9 Å². The minimum atomic E-state index is -0.751. The molecule has 0 saturated heterocycles. The summed E-state index contributed by atoms with van der Waals surface area (Å²) >= 11 is 0. The normalized spacial score (nSPS) is 8.89. The van der Waals surface area contributed by atoms with Crippen LogP contribution in [0.5, 0.6) is 0 Å². The van der Waals surface area contributed by atoms with Crippen molar-refractivity contribution in [2.24, 2.45) is 17.4 Å². The lowest BCUT2D eigenvalue weighted by atomic mass is 10.0. The van der Waals surface area contributed by atoms with Gasteiger partial charge in [0.1, 0.15) is 16.7 Å². The zero-order valence-corrected chi connectivity index (χ0v) is 22.8. The Morgan fingerprint density at radius 2 is 0.965 bits per heavy atom. The average molecular weight is 837 g/mol. The number of hydrogen-bond donors (Lipinski definition) is 4. The largest absolute Gasteiger partial charge is 0.345 e. The molecule has 7 nitrogen and oxygen atoms in total. The molecule has 3 atom stereocenters. The van der Waals surface area contributed by atoms with Gasteiger partial charge in [-0.05, 0) is 62.2 Å². The summed E-state index contributed by atoms with van der Waals surface area (Å²) in [6.45, 7) is 10.7. The van der Waals surface area contributed by atoms with Gasteiger partial charge in [0.25, 0.3) is 0 Å². The highest BCUT2D eigenvalue weighted by atomic mass is 16.2. The van der Waals surface area contributed by atoms with Gasteiger partial charge in [0.15, 0.2) is 0 Å². The maximum atomic E-state index is 12.1. The maximum Gasteiger partial charge on any atom is 0.237 e. The van der Waals surface area contributed by atoms with Crippen molar-refractivity contribution in [3.8, 4) is 0 Å². The highest BCUT2D eigenvalue weighted by molar-refractivity contribution is 5.84. The average Bonchev–Trinajstić information content (AvgIpc) is 2.95. The van der Waals surface area contributed by atoms with Crippen LogP contribution < -0.4 is 22.1 Å². The van der Waals surface area contributed by atoms with Crippen LogP contribution in [0.4, 0.5) is 0 Å². The Balaban J connectivity index is -0.0000000183. The predicted octanol–water partition coefficient (Wildman–Crippen LogP) is 16.2. The first kappa shape index (κ1) is 117. The van der Waals surface area contributed by atoms with E-state index >= 15 is 0 Å². The fourth-order valence-electron chi connectivity index (χ4n) is 3.25. The van der Waals surface area contributed by atoms with Crippen molar-refractivity contribution in [2.45, 2.75) is 226 Å². The molecule has 2 aromatic carbocycles. The van der Waals surface area contributed by atoms with Crippen LogP contribution in [0, 0.1) is 5.92 Å². The van der Waals surface area contributed by atoms with E-state index in [2.05, 4.69) is 35.9 Å². The molecule has 0 bridgehead atoms. The fourth-order valence-corrected chi connectivity index (χ4v) is 3.25. The number of benzene rings is 2. The highest BCUT2D eigenvalue weighted by Gasteiger charge is 2.18. The second-order valence-electron chi connectivity index (χ2n) is 9.23. The summed E-state index contributed by atoms with van der Waals surface area (Å²) in [7, 11) is 0. The first-order valence-electron chi connectivity index (χ1n) is 14.6. The lowest BCUT2D eigenvalue weighted by Crippen LogP contribution is -2.47. The van der Waals surface area contributed by atoms with E-state index in [9.17, 15) is 14.4 Å². The maximum absolute atomic E-state index is 12.1. The molecular weight excluding hydrogens is 705 g/mol. The van der Waals surface area contributed by atoms with E-state index < -0.39 is 24.4 Å². The van der Waals surface area contributed by atoms with E-state index in [4.69, 9.17) is 4.19 Å². The molecular formula is C50H128N4O3. The molecule has 57 heavy (non-hydrogen) atoms. The third kappa shape index (κ3) is 82.1. The molecule has 0 aliphatic rings. The Labute approximate surface area is 375 Å². The van der Waals surface area contributed by atoms with Crippen LogP contribution in [0.1, 0.15) is 208 Å². The first-order chi connectivity index (χ1) is 19.2. The molecule has 0 heterocycles. The number of nitrogens with one attached hydrogen (secondary N) is 2. The van der Waals surface area contributed by atoms with Gasteiger partial charge in [0, 0.05) is 0 Å². The Hall–Kier alpha value is -2.87. The monoisotopic (exact) mass is 836 g/mol. The van der Waals surface area contributed by atoms with Gasteiger partial charge in [0.2, 0.25) is 5.91 Å². The third-order valence-corrected chi connectivity index (χ3v) is 5.09. The van der Waals surface area contributed by atoms with Crippen LogP contribution in [0.3, 0.4) is 0 Å². The molecule has 6 N–H and O–H groups in total. The van der Waals surface area contributed by atoms with Crippen LogP contribution >= 0.6 is 0 Å². The van der Waals surface area contributed by atoms with Crippen molar-refractivity contribution in [2.75, 3.05) is 13.1 Å². The zero-order valence-electron chi connectivity index (χ0n) is 25.8. The summed E-state index contributed by atoms with van der Waals surface area (Å²) in [5.41, 5.74) is 6.24. The summed E-state index contributed by atoms with van der Waals surface area (Å²) in [4.78, 5) is 33.7. The third-order valence-electron chi connectivity index (χ3n) is 5.09. The number of amides is 1. The smallest absolute Gasteiger partial charge is 0.237 e. The molecule has 7 heteroatoms. The minimum Gasteiger partial charge on any atom is -0.345 e. The first-order valence-corrected chi connectivity index (χ1v) is 13.1. The molecule has 0 unspecified atom stereocenters. The Morgan fingerprint density at radius 1 is 0.614 bits per heavy atom. The van der Waals surface area contributed by atoms with Crippen molar-refractivity contribution >= 4 is 18.5 Å². The summed E-state index contributed by atoms with van der Waals surface area (Å²) < 4.78 is 21.0. The molecule has 366 valence electrons. The molecule has 0 spiro atoms. The molecule has 0 fully saturated rings. The van der Waals surface area contributed by atoms with Gasteiger partial charge >= 0.3 is 0 Å². The van der Waals surface area contributed by atoms with Crippen molar-refractivity contribution in [3.05, 3.63) is 71.8 Å². The second-order valence-corrected chi connectivity index (χ2v) is 9.23. The van der Waals surface area contributed by atoms with Crippen molar-refractivity contribution in [3.63, 3.8) is 0 Å². The number of nitrogens with two attached hydrogens (primary N) is 2. The van der Waals surface area contributed by atoms with Crippen LogP contribution in [-0.4, -0.2) is 49.7 Å². The summed E-state index contributed by atoms with van der Waals surface area (Å²) in [5.74, 6) is 0.00337. The molecule has 2 aromatic rings. The van der Waals surface area contributed by atoms with E-state index in [1.807, 2.05) is 74.5 Å². The lowest BCUT2D eigenvalue weighted by Gasteiger charge is -2.18. The Bertz CT molecular complexity index is 923. The van der Waals surface area contributed by atoms with Gasteiger partial charge in [-0.15, -0.1) is 0 Å². The number of carbonyl (C=O) groups is 3. The van der Waals surface area contributed by atoms with E-state index in [0.717, 1.165) is 17.4 Å². The highest BCUT2D eigenvalue weighted by Crippen LogP contribution is 2.05. The quantitative estimate of drug-likeness (QED) is 0.0985. The van der Waals surface area contributed by atoms with Crippen LogP contribution in [0.2, 0.25) is 2.82 Å². The molecule has 0 aromatic heterocycles. The number of carbonyl (C=O) groups excluding carboxylic acids is 3. The van der Waals surface area contributed by atoms with E-state index in [-0.39, 0.29) is 154 Å². The van der Waals surface area contributed by atoms with Crippen LogP contribution in [0.15, 0.2) is 60.7 Å². The van der Waals surface area contributed by atoms with E-state index in [0.29, 0.717) is 25.2 Å². The van der Waals surface area contributed by atoms with Gasteiger partial charge in [-0.3, -0.25) is 4.79 Å². The van der Waals surface area contributed by atoms with Crippen molar-refractivity contribution in [1.29, 1.82) is 0 Å². The number of aldehydes is 2. The molecule has 0 radical (unpaired) electrons. The molecule has 1 amide bonds. The van der Waals surface area contributed by atoms with Gasteiger partial charge in [-0.2, -0.15) is 0 Å². The topological polar surface area (TPSA) is 127 Å². The Kier molecular flexibility index (Phi) is 194. The van der Waals surface area contributed by atoms with Crippen molar-refractivity contribution in [1.82, 2.24) is 10.6 Å². The standard InChI is InChI=1S/C15H22N2O2.C9H11NO.C6H15N.20CH4/c1-11(2)8-13(10-18)17-15(19)14(16)9-12-6-4-3-5-7-12;10-9(7-11)6-8-4-2-1-3-5-8;1-3-5-7-6-4-2;;;;;;;;;;;;;;;;;;;;/h3-7,10-11,13-14H,8-9,16H2,1-2H3,(H,17,19);1-5,7,9H,6,10H2;7H,3-6H2,1-2H3;20*1H4/t13-,14-;9-;;;;;;;;;;;;;;;;;;;;;/m00...................../s1/i;7D;;;;;;;;;;;;;;;;;;;;;/hD2. The lowest BCUT2D eigenvalue weighted by molar-refractivity contribution is -0.125. The van der Waals surface area contributed by atoms with Gasteiger partial charge < -0.3 is 31.7 Å². The number of hydrogen-bond acceptors (Lipinski definition) is 6. The second kappa shape index (κ2) is 94.3. The van der Waals surface area contributed by atoms with Gasteiger partial charge in [-0.25, -0.2) is 0 Å². The minimum absolute atomic E-state index is 0. The predicted molar refractivity (Wildman–Crippen MR) is 288 cm³/mol. The SMILES string of the molecule is C.C.C.C.C.C.C.C.C.C.C.C.C.C.C.C.C.C.C.C.CCCNCCC.[2H]N[C@@H](Cc1ccccc1)C(=O)N[C@H](C=O)CC(C)C.[2H]N[C@@H](Cc1ccccc1)C([2H])=O. The zero-order chi connectivity index (χ0) is 30.2. The Morgan fingerprint density at radius 3 is 1.23 bits per heavy atom. The molecule has 0 aliphatic heterocycles. The molecule has 0 aliphatic carbocycles. The fraction of sp³-hybridized carbons (Fsp3) is 0.700. The summed E-state index contributed by atoms with van der Waals surface area (Å²) in [6, 6.07) is 17.0. The number of rotatable bonds is 16.